The number of ether oxygens (including phenoxy) is 1. The van der Waals surface area contributed by atoms with E-state index in [-0.39, 0.29) is 59.1 Å². The fraction of sp³-hybridized carbons (Fsp3) is 0.526. The van der Waals surface area contributed by atoms with E-state index in [1.807, 2.05) is 13.8 Å². The molecule has 2 aliphatic rings. The maximum atomic E-state index is 12.7. The van der Waals surface area contributed by atoms with Crippen molar-refractivity contribution in [2.24, 2.45) is 5.92 Å². The van der Waals surface area contributed by atoms with Gasteiger partial charge < -0.3 is 20.0 Å². The zero-order valence-corrected chi connectivity index (χ0v) is 22.8. The Morgan fingerprint density at radius 1 is 1.38 bits per heavy atom. The van der Waals surface area contributed by atoms with Crippen molar-refractivity contribution in [2.45, 2.75) is 45.7 Å². The van der Waals surface area contributed by atoms with Gasteiger partial charge in [0, 0.05) is 23.9 Å². The number of esters is 1. The number of halogens is 1. The summed E-state index contributed by atoms with van der Waals surface area (Å²) >= 11 is 4.75. The number of rotatable bonds is 7. The minimum absolute atomic E-state index is 0. The molecule has 168 valence electrons. The molecule has 1 N–H and O–H groups in total. The van der Waals surface area contributed by atoms with Crippen LogP contribution in [0.4, 0.5) is 0 Å². The number of carboxylic acid groups (broad SMARTS) is 1. The van der Waals surface area contributed by atoms with Gasteiger partial charge in [0.25, 0.3) is 5.91 Å². The third kappa shape index (κ3) is 5.24. The number of hydrogen-bond donors (Lipinski definition) is 1. The zero-order chi connectivity index (χ0) is 23.0. The molecule has 0 radical (unpaired) electrons. The molecule has 1 aromatic heterocycles. The molecule has 3 rings (SSSR count). The quantitative estimate of drug-likeness (QED) is 0.219. The van der Waals surface area contributed by atoms with Gasteiger partial charge in [0.1, 0.15) is 18.0 Å². The summed E-state index contributed by atoms with van der Waals surface area (Å²) in [5, 5.41) is 18.2. The second-order valence-electron chi connectivity index (χ2n) is 7.48. The van der Waals surface area contributed by atoms with Crippen LogP contribution in [0.25, 0.3) is 0 Å². The van der Waals surface area contributed by atoms with Crippen LogP contribution >= 0.6 is 27.7 Å². The number of nitrogens with one attached hydrogen (secondary N) is 1. The number of thioether (sulfide) groups is 1. The Kier molecular flexibility index (Phi) is 9.02. The molecular formula is C19H22BrN4NaO6S. The Morgan fingerprint density at radius 2 is 2.03 bits per heavy atom. The molecule has 2 aliphatic heterocycles. The Bertz CT molecular complexity index is 997. The second kappa shape index (κ2) is 10.7. The number of hydrogen-bond acceptors (Lipinski definition) is 8. The molecular weight excluding hydrogens is 515 g/mol. The van der Waals surface area contributed by atoms with E-state index in [4.69, 9.17) is 4.74 Å². The van der Waals surface area contributed by atoms with Gasteiger partial charge in [-0.1, -0.05) is 6.92 Å². The molecule has 0 aromatic carbocycles. The van der Waals surface area contributed by atoms with E-state index in [0.29, 0.717) is 6.54 Å². The fourth-order valence-corrected chi connectivity index (χ4v) is 5.07. The van der Waals surface area contributed by atoms with Crippen LogP contribution in [0.1, 0.15) is 25.2 Å². The summed E-state index contributed by atoms with van der Waals surface area (Å²) in [5.74, 6) is -3.16. The molecule has 10 nitrogen and oxygen atoms in total. The number of aromatic nitrogens is 2. The molecule has 3 unspecified atom stereocenters. The van der Waals surface area contributed by atoms with Crippen molar-refractivity contribution >= 4 is 51.4 Å². The van der Waals surface area contributed by atoms with Crippen molar-refractivity contribution in [1.29, 1.82) is 0 Å². The summed E-state index contributed by atoms with van der Waals surface area (Å²) in [6.45, 7) is 6.81. The number of aliphatic carboxylic acids is 1. The average Bonchev–Trinajstić information content (AvgIpc) is 2.95. The topological polar surface area (TPSA) is 134 Å². The minimum Gasteiger partial charge on any atom is -0.543 e. The molecule has 0 saturated carbocycles. The van der Waals surface area contributed by atoms with E-state index < -0.39 is 35.2 Å². The Balaban J connectivity index is 0.00000363. The van der Waals surface area contributed by atoms with Gasteiger partial charge >= 0.3 is 35.5 Å². The average molecular weight is 537 g/mol. The van der Waals surface area contributed by atoms with E-state index in [1.165, 1.54) is 18.7 Å². The molecule has 1 fully saturated rings. The fourth-order valence-electron chi connectivity index (χ4n) is 3.46. The zero-order valence-electron chi connectivity index (χ0n) is 18.4. The molecule has 0 bridgehead atoms. The first-order chi connectivity index (χ1) is 14.5. The largest absolute Gasteiger partial charge is 1.00 e. The Labute approximate surface area is 219 Å². The second-order valence-corrected chi connectivity index (χ2v) is 9.38. The third-order valence-electron chi connectivity index (χ3n) is 5.18. The molecule has 13 heteroatoms. The Hall–Kier alpha value is -1.34. The van der Waals surface area contributed by atoms with Gasteiger partial charge in [0.05, 0.1) is 34.3 Å². The van der Waals surface area contributed by atoms with E-state index >= 15 is 0 Å². The van der Waals surface area contributed by atoms with Crippen molar-refractivity contribution in [3.05, 3.63) is 27.1 Å². The van der Waals surface area contributed by atoms with Crippen LogP contribution in [0.3, 0.4) is 0 Å². The van der Waals surface area contributed by atoms with Crippen LogP contribution in [-0.4, -0.2) is 62.2 Å². The standard InChI is InChI=1S/C19H23BrN4O6S.Na/c1-8(5-23-10(3)13(20)9(2)22-23)16(26)21-14-17(27)24-15(19(28)29)12(6-30-11(4)25)7-31-18(14)24;/h8,14,18H,5-7H2,1-4H3,(H,21,26)(H,28,29);/q;+1/p-1. The van der Waals surface area contributed by atoms with E-state index in [1.54, 1.807) is 11.6 Å². The smallest absolute Gasteiger partial charge is 0.543 e. The first kappa shape index (κ1) is 26.9. The minimum atomic E-state index is -1.52. The van der Waals surface area contributed by atoms with E-state index in [9.17, 15) is 24.3 Å². The van der Waals surface area contributed by atoms with E-state index in [0.717, 1.165) is 20.8 Å². The van der Waals surface area contributed by atoms with Gasteiger partial charge in [-0.15, -0.1) is 11.8 Å². The maximum absolute atomic E-state index is 12.7. The van der Waals surface area contributed by atoms with Gasteiger partial charge in [0.2, 0.25) is 5.91 Å². The Morgan fingerprint density at radius 3 is 2.56 bits per heavy atom. The number of carbonyl (C=O) groups excluding carboxylic acids is 4. The first-order valence-corrected chi connectivity index (χ1v) is 11.4. The van der Waals surface area contributed by atoms with E-state index in [2.05, 4.69) is 26.3 Å². The van der Waals surface area contributed by atoms with Crippen molar-refractivity contribution in [3.63, 3.8) is 0 Å². The predicted molar refractivity (Wildman–Crippen MR) is 112 cm³/mol. The summed E-state index contributed by atoms with van der Waals surface area (Å²) in [7, 11) is 0. The van der Waals surface area contributed by atoms with Crippen LogP contribution in [0.2, 0.25) is 0 Å². The van der Waals surface area contributed by atoms with Crippen LogP contribution in [0.15, 0.2) is 15.7 Å². The molecule has 3 heterocycles. The van der Waals surface area contributed by atoms with Gasteiger partial charge in [-0.25, -0.2) is 0 Å². The normalized spacial score (nSPS) is 20.7. The summed E-state index contributed by atoms with van der Waals surface area (Å²) in [5.41, 5.74) is 1.72. The van der Waals surface area contributed by atoms with Gasteiger partial charge in [-0.3, -0.25) is 24.0 Å². The summed E-state index contributed by atoms with van der Waals surface area (Å²) in [6.07, 6.45) is 0. The molecule has 0 aliphatic carbocycles. The number of carbonyl (C=O) groups is 4. The van der Waals surface area contributed by atoms with Crippen molar-refractivity contribution < 1.29 is 58.6 Å². The number of β-lactam (4-membered cyclic amide) rings is 1. The van der Waals surface area contributed by atoms with Gasteiger partial charge in [0.15, 0.2) is 0 Å². The molecule has 1 saturated heterocycles. The first-order valence-electron chi connectivity index (χ1n) is 9.54. The monoisotopic (exact) mass is 536 g/mol. The van der Waals surface area contributed by atoms with Gasteiger partial charge in [-0.2, -0.15) is 5.10 Å². The number of nitrogens with zero attached hydrogens (tertiary/aromatic N) is 3. The summed E-state index contributed by atoms with van der Waals surface area (Å²) in [4.78, 5) is 49.1. The van der Waals surface area contributed by atoms with Crippen molar-refractivity contribution in [2.75, 3.05) is 12.4 Å². The van der Waals surface area contributed by atoms with Crippen LogP contribution in [0.5, 0.6) is 0 Å². The number of amides is 2. The molecule has 0 spiro atoms. The van der Waals surface area contributed by atoms with Crippen LogP contribution < -0.4 is 40.0 Å². The summed E-state index contributed by atoms with van der Waals surface area (Å²) in [6, 6.07) is -0.836. The molecule has 2 amide bonds. The SMILES string of the molecule is CC(=O)OCC1=C(C(=O)[O-])N2C(=O)C(NC(=O)C(C)Cn3nc(C)c(Br)c3C)C2SC1.[Na+]. The molecule has 1 aromatic rings. The predicted octanol–water partition coefficient (Wildman–Crippen LogP) is -3.13. The van der Waals surface area contributed by atoms with Crippen molar-refractivity contribution in [1.82, 2.24) is 20.0 Å². The molecule has 3 atom stereocenters. The number of fused-ring (bicyclic) bond motifs is 1. The maximum Gasteiger partial charge on any atom is 1.00 e. The van der Waals surface area contributed by atoms with Crippen molar-refractivity contribution in [3.8, 4) is 0 Å². The number of aryl methyl sites for hydroxylation is 1. The number of carboxylic acids is 1. The summed E-state index contributed by atoms with van der Waals surface area (Å²) < 4.78 is 7.50. The van der Waals surface area contributed by atoms with Crippen LogP contribution in [0, 0.1) is 19.8 Å². The third-order valence-corrected chi connectivity index (χ3v) is 7.66. The molecule has 32 heavy (non-hydrogen) atoms. The van der Waals surface area contributed by atoms with Gasteiger partial charge in [-0.05, 0) is 29.8 Å². The van der Waals surface area contributed by atoms with Crippen LogP contribution in [-0.2, 0) is 30.5 Å².